The fraction of sp³-hybridized carbons (Fsp3) is 0.476. The van der Waals surface area contributed by atoms with Crippen LogP contribution in [0.15, 0.2) is 30.6 Å². The van der Waals surface area contributed by atoms with Crippen LogP contribution in [0.25, 0.3) is 5.65 Å². The van der Waals surface area contributed by atoms with Crippen molar-refractivity contribution in [3.63, 3.8) is 0 Å². The first-order chi connectivity index (χ1) is 14.2. The molecule has 0 spiro atoms. The van der Waals surface area contributed by atoms with Gasteiger partial charge in [0.15, 0.2) is 0 Å². The molecule has 1 N–H and O–H groups in total. The third-order valence-electron chi connectivity index (χ3n) is 5.96. The maximum atomic E-state index is 6.31. The highest BCUT2D eigenvalue weighted by molar-refractivity contribution is 6.29. The normalized spacial score (nSPS) is 19.7. The van der Waals surface area contributed by atoms with Crippen molar-refractivity contribution in [2.24, 2.45) is 0 Å². The highest BCUT2D eigenvalue weighted by atomic mass is 35.5. The zero-order valence-corrected chi connectivity index (χ0v) is 17.4. The summed E-state index contributed by atoms with van der Waals surface area (Å²) >= 11 is 6.31. The molecule has 152 valence electrons. The number of halogens is 1. The molecule has 1 atom stereocenters. The molecule has 0 bridgehead atoms. The molecule has 1 aliphatic carbocycles. The van der Waals surface area contributed by atoms with Gasteiger partial charge in [-0.25, -0.2) is 9.97 Å². The van der Waals surface area contributed by atoms with Crippen LogP contribution in [0.4, 0.5) is 5.95 Å². The van der Waals surface area contributed by atoms with Crippen LogP contribution in [0.2, 0.25) is 5.15 Å². The maximum absolute atomic E-state index is 6.31. The summed E-state index contributed by atoms with van der Waals surface area (Å²) < 4.78 is 2.08. The molecule has 1 saturated heterocycles. The van der Waals surface area contributed by atoms with Gasteiger partial charge in [0, 0.05) is 51.2 Å². The summed E-state index contributed by atoms with van der Waals surface area (Å²) in [5, 5.41) is 3.87. The Kier molecular flexibility index (Phi) is 5.11. The Morgan fingerprint density at radius 2 is 2.14 bits per heavy atom. The zero-order valence-electron chi connectivity index (χ0n) is 16.7. The van der Waals surface area contributed by atoms with E-state index in [9.17, 15) is 0 Å². The lowest BCUT2D eigenvalue weighted by Crippen LogP contribution is -2.44. The van der Waals surface area contributed by atoms with E-state index < -0.39 is 0 Å². The molecule has 5 rings (SSSR count). The molecule has 0 radical (unpaired) electrons. The minimum Gasteiger partial charge on any atom is -0.339 e. The lowest BCUT2D eigenvalue weighted by Gasteiger charge is -2.31. The molecular formula is C21H26ClN7. The number of aromatic nitrogens is 4. The minimum atomic E-state index is 0.333. The molecule has 0 saturated carbocycles. The highest BCUT2D eigenvalue weighted by Crippen LogP contribution is 2.32. The minimum absolute atomic E-state index is 0.333. The summed E-state index contributed by atoms with van der Waals surface area (Å²) in [5.41, 5.74) is 4.47. The first kappa shape index (κ1) is 18.8. The Bertz CT molecular complexity index is 1010. The predicted octanol–water partition coefficient (Wildman–Crippen LogP) is 2.70. The van der Waals surface area contributed by atoms with E-state index in [2.05, 4.69) is 48.8 Å². The smallest absolute Gasteiger partial charge is 0.212 e. The van der Waals surface area contributed by atoms with E-state index in [0.717, 1.165) is 62.9 Å². The molecule has 0 aromatic carbocycles. The second-order valence-corrected chi connectivity index (χ2v) is 8.33. The Labute approximate surface area is 175 Å². The molecule has 0 amide bonds. The number of hydrogen-bond donors (Lipinski definition) is 1. The molecule has 2 aliphatic rings. The molecular weight excluding hydrogens is 386 g/mol. The molecule has 29 heavy (non-hydrogen) atoms. The number of hydrogen-bond acceptors (Lipinski definition) is 6. The summed E-state index contributed by atoms with van der Waals surface area (Å²) in [6.07, 6.45) is 7.47. The number of rotatable bonds is 4. The predicted molar refractivity (Wildman–Crippen MR) is 114 cm³/mol. The number of fused-ring (bicyclic) bond motifs is 2. The van der Waals surface area contributed by atoms with Crippen molar-refractivity contribution in [3.8, 4) is 0 Å². The summed E-state index contributed by atoms with van der Waals surface area (Å²) in [5.74, 6) is 0.875. The lowest BCUT2D eigenvalue weighted by molar-refractivity contribution is 0.206. The third kappa shape index (κ3) is 3.70. The van der Waals surface area contributed by atoms with Gasteiger partial charge in [-0.15, -0.1) is 0 Å². The Hall–Kier alpha value is -2.22. The van der Waals surface area contributed by atoms with Crippen molar-refractivity contribution in [1.82, 2.24) is 29.6 Å². The average Bonchev–Trinajstić information content (AvgIpc) is 3.15. The topological polar surface area (TPSA) is 61.6 Å². The van der Waals surface area contributed by atoms with Crippen LogP contribution in [0.3, 0.4) is 0 Å². The molecule has 4 heterocycles. The van der Waals surface area contributed by atoms with Crippen molar-refractivity contribution < 1.29 is 0 Å². The summed E-state index contributed by atoms with van der Waals surface area (Å²) in [7, 11) is 2.17. The van der Waals surface area contributed by atoms with Crippen molar-refractivity contribution in [3.05, 3.63) is 52.7 Å². The van der Waals surface area contributed by atoms with Crippen LogP contribution in [0.5, 0.6) is 0 Å². The van der Waals surface area contributed by atoms with E-state index in [1.54, 1.807) is 0 Å². The van der Waals surface area contributed by atoms with E-state index in [4.69, 9.17) is 16.6 Å². The van der Waals surface area contributed by atoms with Gasteiger partial charge in [0.1, 0.15) is 10.8 Å². The van der Waals surface area contributed by atoms with Gasteiger partial charge in [-0.1, -0.05) is 17.7 Å². The van der Waals surface area contributed by atoms with Crippen LogP contribution in [0, 0.1) is 0 Å². The molecule has 3 aromatic heterocycles. The van der Waals surface area contributed by atoms with Crippen molar-refractivity contribution >= 4 is 23.2 Å². The van der Waals surface area contributed by atoms with Gasteiger partial charge in [0.25, 0.3) is 0 Å². The van der Waals surface area contributed by atoms with Crippen LogP contribution >= 0.6 is 11.6 Å². The number of piperazine rings is 1. The number of anilines is 1. The number of aryl methyl sites for hydroxylation is 1. The monoisotopic (exact) mass is 411 g/mol. The standard InChI is InChI=1S/C21H26ClN7/c1-27(17-6-2-4-15-5-3-7-24-20(15)17)13-16-14-29-19(25-16)12-18(22)26-21(29)28-10-8-23-9-11-28/h3,5,7,12,14,17,23H,2,4,6,8-11,13H2,1H3. The van der Waals surface area contributed by atoms with Gasteiger partial charge in [-0.05, 0) is 37.9 Å². The van der Waals surface area contributed by atoms with Crippen LogP contribution in [-0.2, 0) is 13.0 Å². The molecule has 1 aliphatic heterocycles. The summed E-state index contributed by atoms with van der Waals surface area (Å²) in [6.45, 7) is 4.50. The summed E-state index contributed by atoms with van der Waals surface area (Å²) in [6, 6.07) is 6.42. The maximum Gasteiger partial charge on any atom is 0.212 e. The SMILES string of the molecule is CN(Cc1cn2c(N3CCNCC3)nc(Cl)cc2n1)C1CCCc2cccnc21. The average molecular weight is 412 g/mol. The molecule has 1 unspecified atom stereocenters. The first-order valence-electron chi connectivity index (χ1n) is 10.3. The fourth-order valence-corrected chi connectivity index (χ4v) is 4.71. The summed E-state index contributed by atoms with van der Waals surface area (Å²) in [4.78, 5) is 18.8. The second-order valence-electron chi connectivity index (χ2n) is 7.95. The van der Waals surface area contributed by atoms with Crippen LogP contribution < -0.4 is 10.2 Å². The van der Waals surface area contributed by atoms with Gasteiger partial charge in [0.05, 0.1) is 17.4 Å². The molecule has 3 aromatic rings. The van der Waals surface area contributed by atoms with Gasteiger partial charge >= 0.3 is 0 Å². The third-order valence-corrected chi connectivity index (χ3v) is 6.16. The van der Waals surface area contributed by atoms with E-state index in [1.165, 1.54) is 17.7 Å². The highest BCUT2D eigenvalue weighted by Gasteiger charge is 2.26. The molecule has 8 heteroatoms. The first-order valence-corrected chi connectivity index (χ1v) is 10.7. The van der Waals surface area contributed by atoms with E-state index in [1.807, 2.05) is 18.3 Å². The number of imidazole rings is 1. The van der Waals surface area contributed by atoms with E-state index in [0.29, 0.717) is 11.2 Å². The van der Waals surface area contributed by atoms with Crippen LogP contribution in [0.1, 0.15) is 35.8 Å². The van der Waals surface area contributed by atoms with Crippen molar-refractivity contribution in [2.75, 3.05) is 38.1 Å². The van der Waals surface area contributed by atoms with Gasteiger partial charge in [-0.2, -0.15) is 0 Å². The zero-order chi connectivity index (χ0) is 19.8. The van der Waals surface area contributed by atoms with E-state index >= 15 is 0 Å². The Balaban J connectivity index is 1.43. The van der Waals surface area contributed by atoms with Crippen LogP contribution in [-0.4, -0.2) is 57.5 Å². The number of nitrogens with zero attached hydrogens (tertiary/aromatic N) is 6. The fourth-order valence-electron chi connectivity index (χ4n) is 4.54. The quantitative estimate of drug-likeness (QED) is 0.666. The lowest BCUT2D eigenvalue weighted by atomic mass is 9.91. The largest absolute Gasteiger partial charge is 0.339 e. The Morgan fingerprint density at radius 1 is 1.28 bits per heavy atom. The van der Waals surface area contributed by atoms with E-state index in [-0.39, 0.29) is 0 Å². The van der Waals surface area contributed by atoms with Gasteiger partial charge in [0.2, 0.25) is 5.95 Å². The second kappa shape index (κ2) is 7.89. The Morgan fingerprint density at radius 3 is 3.00 bits per heavy atom. The van der Waals surface area contributed by atoms with Gasteiger partial charge < -0.3 is 10.2 Å². The van der Waals surface area contributed by atoms with Crippen molar-refractivity contribution in [1.29, 1.82) is 0 Å². The molecule has 1 fully saturated rings. The molecule has 7 nitrogen and oxygen atoms in total. The number of nitrogens with one attached hydrogen (secondary N) is 1. The van der Waals surface area contributed by atoms with Gasteiger partial charge in [-0.3, -0.25) is 14.3 Å². The van der Waals surface area contributed by atoms with Crippen molar-refractivity contribution in [2.45, 2.75) is 31.8 Å². The number of pyridine rings is 1.